The summed E-state index contributed by atoms with van der Waals surface area (Å²) in [6.45, 7) is 2.26. The average molecular weight is 427 g/mol. The molecular formula is C16H14BrClFN5O. The number of amides is 1. The Bertz CT molecular complexity index is 886. The largest absolute Gasteiger partial charge is 0.307 e. The SMILES string of the molecule is Cc1nn(CC(=O)Nc2nn(Cc3ccc(F)cc3)cc2Br)cc1Cl. The van der Waals surface area contributed by atoms with E-state index in [0.717, 1.165) is 5.56 Å². The number of hydrogen-bond acceptors (Lipinski definition) is 3. The Morgan fingerprint density at radius 3 is 2.60 bits per heavy atom. The van der Waals surface area contributed by atoms with Gasteiger partial charge in [-0.15, -0.1) is 0 Å². The standard InChI is InChI=1S/C16H14BrClFN5O/c1-10-14(18)8-24(21-10)9-15(25)20-16-13(17)7-23(22-16)6-11-2-4-12(19)5-3-11/h2-5,7-8H,6,9H2,1H3,(H,20,22,25). The van der Waals surface area contributed by atoms with Crippen LogP contribution in [0, 0.1) is 12.7 Å². The minimum absolute atomic E-state index is 0.0326. The van der Waals surface area contributed by atoms with E-state index in [9.17, 15) is 9.18 Å². The predicted molar refractivity (Wildman–Crippen MR) is 96.0 cm³/mol. The normalized spacial score (nSPS) is 10.9. The average Bonchev–Trinajstić information content (AvgIpc) is 3.04. The highest BCUT2D eigenvalue weighted by atomic mass is 79.9. The number of anilines is 1. The van der Waals surface area contributed by atoms with Crippen molar-refractivity contribution in [3.63, 3.8) is 0 Å². The molecule has 0 radical (unpaired) electrons. The first-order valence-corrected chi connectivity index (χ1v) is 8.54. The van der Waals surface area contributed by atoms with Gasteiger partial charge in [0.05, 0.1) is 21.7 Å². The van der Waals surface area contributed by atoms with Gasteiger partial charge in [-0.1, -0.05) is 23.7 Å². The summed E-state index contributed by atoms with van der Waals surface area (Å²) in [4.78, 5) is 12.1. The van der Waals surface area contributed by atoms with Crippen molar-refractivity contribution in [1.29, 1.82) is 0 Å². The minimum atomic E-state index is -0.285. The molecule has 1 amide bonds. The fourth-order valence-corrected chi connectivity index (χ4v) is 2.80. The lowest BCUT2D eigenvalue weighted by atomic mass is 10.2. The van der Waals surface area contributed by atoms with Crippen LogP contribution in [0.2, 0.25) is 5.02 Å². The van der Waals surface area contributed by atoms with Gasteiger partial charge in [0.15, 0.2) is 5.82 Å². The fourth-order valence-electron chi connectivity index (χ4n) is 2.23. The third-order valence-corrected chi connectivity index (χ3v) is 4.38. The fraction of sp³-hybridized carbons (Fsp3) is 0.188. The van der Waals surface area contributed by atoms with Crippen LogP contribution in [0.5, 0.6) is 0 Å². The Balaban J connectivity index is 1.65. The number of rotatable bonds is 5. The number of halogens is 3. The predicted octanol–water partition coefficient (Wildman–Crippen LogP) is 3.63. The van der Waals surface area contributed by atoms with E-state index < -0.39 is 0 Å². The summed E-state index contributed by atoms with van der Waals surface area (Å²) in [6.07, 6.45) is 3.34. The summed E-state index contributed by atoms with van der Waals surface area (Å²) in [7, 11) is 0. The van der Waals surface area contributed by atoms with Crippen molar-refractivity contribution in [2.45, 2.75) is 20.0 Å². The Hall–Kier alpha value is -2.19. The van der Waals surface area contributed by atoms with Gasteiger partial charge < -0.3 is 5.32 Å². The maximum atomic E-state index is 12.9. The number of benzene rings is 1. The Morgan fingerprint density at radius 2 is 1.96 bits per heavy atom. The topological polar surface area (TPSA) is 64.7 Å². The van der Waals surface area contributed by atoms with E-state index in [1.165, 1.54) is 16.8 Å². The molecular weight excluding hydrogens is 413 g/mol. The third kappa shape index (κ3) is 4.46. The van der Waals surface area contributed by atoms with E-state index in [1.54, 1.807) is 36.1 Å². The maximum absolute atomic E-state index is 12.9. The Labute approximate surface area is 156 Å². The van der Waals surface area contributed by atoms with Crippen molar-refractivity contribution >= 4 is 39.3 Å². The van der Waals surface area contributed by atoms with Gasteiger partial charge in [-0.2, -0.15) is 10.2 Å². The summed E-state index contributed by atoms with van der Waals surface area (Å²) >= 11 is 9.30. The van der Waals surface area contributed by atoms with Gasteiger partial charge in [-0.3, -0.25) is 14.2 Å². The van der Waals surface area contributed by atoms with E-state index in [1.807, 2.05) is 0 Å². The number of nitrogens with zero attached hydrogens (tertiary/aromatic N) is 4. The lowest BCUT2D eigenvalue weighted by Crippen LogP contribution is -2.19. The molecule has 3 aromatic rings. The number of nitrogens with one attached hydrogen (secondary N) is 1. The van der Waals surface area contributed by atoms with Crippen molar-refractivity contribution in [1.82, 2.24) is 19.6 Å². The van der Waals surface area contributed by atoms with Crippen LogP contribution in [0.1, 0.15) is 11.3 Å². The molecule has 0 unspecified atom stereocenters. The Kier molecular flexibility index (Phi) is 5.19. The Morgan fingerprint density at radius 1 is 1.24 bits per heavy atom. The zero-order valence-corrected chi connectivity index (χ0v) is 15.6. The van der Waals surface area contributed by atoms with Crippen LogP contribution in [0.3, 0.4) is 0 Å². The van der Waals surface area contributed by atoms with Crippen molar-refractivity contribution in [3.8, 4) is 0 Å². The first kappa shape index (κ1) is 17.6. The first-order valence-electron chi connectivity index (χ1n) is 7.37. The molecule has 0 aliphatic rings. The number of hydrogen-bond donors (Lipinski definition) is 1. The van der Waals surface area contributed by atoms with Crippen molar-refractivity contribution < 1.29 is 9.18 Å². The molecule has 1 aromatic carbocycles. The smallest absolute Gasteiger partial charge is 0.247 e. The number of carbonyl (C=O) groups excluding carboxylic acids is 1. The van der Waals surface area contributed by atoms with Gasteiger partial charge in [0.1, 0.15) is 12.4 Å². The molecule has 3 rings (SSSR count). The van der Waals surface area contributed by atoms with Gasteiger partial charge in [-0.05, 0) is 40.5 Å². The zero-order valence-electron chi connectivity index (χ0n) is 13.2. The van der Waals surface area contributed by atoms with Crippen LogP contribution in [0.15, 0.2) is 41.1 Å². The van der Waals surface area contributed by atoms with Crippen LogP contribution in [-0.2, 0) is 17.9 Å². The van der Waals surface area contributed by atoms with Crippen molar-refractivity contribution in [2.24, 2.45) is 0 Å². The molecule has 130 valence electrons. The van der Waals surface area contributed by atoms with Gasteiger partial charge in [0.2, 0.25) is 5.91 Å². The quantitative estimate of drug-likeness (QED) is 0.677. The number of aromatic nitrogens is 4. The molecule has 0 saturated heterocycles. The molecule has 0 saturated carbocycles. The number of carbonyl (C=O) groups is 1. The molecule has 0 spiro atoms. The second-order valence-corrected chi connectivity index (χ2v) is 6.72. The van der Waals surface area contributed by atoms with E-state index in [-0.39, 0.29) is 18.3 Å². The van der Waals surface area contributed by atoms with E-state index in [2.05, 4.69) is 31.4 Å². The maximum Gasteiger partial charge on any atom is 0.247 e. The zero-order chi connectivity index (χ0) is 18.0. The molecule has 25 heavy (non-hydrogen) atoms. The molecule has 0 atom stereocenters. The summed E-state index contributed by atoms with van der Waals surface area (Å²) in [6, 6.07) is 6.17. The second-order valence-electron chi connectivity index (χ2n) is 5.46. The molecule has 6 nitrogen and oxygen atoms in total. The van der Waals surface area contributed by atoms with Gasteiger partial charge in [0, 0.05) is 12.4 Å². The van der Waals surface area contributed by atoms with Gasteiger partial charge in [0.25, 0.3) is 0 Å². The highest BCUT2D eigenvalue weighted by Crippen LogP contribution is 2.21. The van der Waals surface area contributed by atoms with Crippen molar-refractivity contribution in [2.75, 3.05) is 5.32 Å². The third-order valence-electron chi connectivity index (χ3n) is 3.42. The van der Waals surface area contributed by atoms with Crippen LogP contribution in [0.4, 0.5) is 10.2 Å². The van der Waals surface area contributed by atoms with Gasteiger partial charge >= 0.3 is 0 Å². The molecule has 9 heteroatoms. The molecule has 2 aromatic heterocycles. The summed E-state index contributed by atoms with van der Waals surface area (Å²) in [5.74, 6) is -0.152. The minimum Gasteiger partial charge on any atom is -0.307 e. The molecule has 0 aliphatic heterocycles. The molecule has 1 N–H and O–H groups in total. The monoisotopic (exact) mass is 425 g/mol. The van der Waals surface area contributed by atoms with Crippen LogP contribution >= 0.6 is 27.5 Å². The summed E-state index contributed by atoms with van der Waals surface area (Å²) < 4.78 is 16.7. The van der Waals surface area contributed by atoms with Crippen molar-refractivity contribution in [3.05, 3.63) is 63.2 Å². The summed E-state index contributed by atoms with van der Waals surface area (Å²) in [5, 5.41) is 11.7. The second kappa shape index (κ2) is 7.37. The molecule has 0 aliphatic carbocycles. The van der Waals surface area contributed by atoms with Crippen LogP contribution in [-0.4, -0.2) is 25.5 Å². The molecule has 0 fully saturated rings. The van der Waals surface area contributed by atoms with Crippen LogP contribution < -0.4 is 5.32 Å². The highest BCUT2D eigenvalue weighted by Gasteiger charge is 2.12. The van der Waals surface area contributed by atoms with Crippen LogP contribution in [0.25, 0.3) is 0 Å². The van der Waals surface area contributed by atoms with E-state index in [0.29, 0.717) is 27.6 Å². The van der Waals surface area contributed by atoms with E-state index in [4.69, 9.17) is 11.6 Å². The first-order chi connectivity index (χ1) is 11.9. The molecule has 2 heterocycles. The summed E-state index contributed by atoms with van der Waals surface area (Å²) in [5.41, 5.74) is 1.56. The van der Waals surface area contributed by atoms with Gasteiger partial charge in [-0.25, -0.2) is 4.39 Å². The lowest BCUT2D eigenvalue weighted by molar-refractivity contribution is -0.116. The van der Waals surface area contributed by atoms with E-state index >= 15 is 0 Å². The lowest BCUT2D eigenvalue weighted by Gasteiger charge is -2.04. The number of aryl methyl sites for hydroxylation is 1. The molecule has 0 bridgehead atoms. The highest BCUT2D eigenvalue weighted by molar-refractivity contribution is 9.10.